The van der Waals surface area contributed by atoms with E-state index < -0.39 is 5.97 Å². The second-order valence-corrected chi connectivity index (χ2v) is 4.82. The molecule has 4 heteroatoms. The maximum atomic E-state index is 11.4. The van der Waals surface area contributed by atoms with Crippen molar-refractivity contribution in [2.45, 2.75) is 13.8 Å². The Hall–Kier alpha value is -2.49. The fraction of sp³-hybridized carbons (Fsp3) is 0.235. The largest absolute Gasteiger partial charge is 0.496 e. The average Bonchev–Trinajstić information content (AvgIpc) is 2.46. The lowest BCUT2D eigenvalue weighted by Crippen LogP contribution is -2.02. The monoisotopic (exact) mass is 286 g/mol. The Labute approximate surface area is 123 Å². The van der Waals surface area contributed by atoms with Crippen molar-refractivity contribution in [1.29, 1.82) is 0 Å². The van der Waals surface area contributed by atoms with Gasteiger partial charge in [-0.2, -0.15) is 0 Å². The van der Waals surface area contributed by atoms with Crippen LogP contribution >= 0.6 is 0 Å². The molecular formula is C17H18O4. The van der Waals surface area contributed by atoms with Crippen LogP contribution in [0.2, 0.25) is 0 Å². The first-order valence-corrected chi connectivity index (χ1v) is 6.55. The fourth-order valence-electron chi connectivity index (χ4n) is 2.47. The molecule has 110 valence electrons. The number of hydrogen-bond acceptors (Lipinski definition) is 3. The van der Waals surface area contributed by atoms with Gasteiger partial charge in [-0.1, -0.05) is 12.1 Å². The lowest BCUT2D eigenvalue weighted by Gasteiger charge is -2.16. The quantitative estimate of drug-likeness (QED) is 0.931. The third-order valence-corrected chi connectivity index (χ3v) is 3.50. The zero-order valence-electron chi connectivity index (χ0n) is 12.6. The van der Waals surface area contributed by atoms with Gasteiger partial charge in [0.1, 0.15) is 11.5 Å². The van der Waals surface area contributed by atoms with Gasteiger partial charge in [0, 0.05) is 0 Å². The molecule has 2 aromatic carbocycles. The third kappa shape index (κ3) is 2.70. The van der Waals surface area contributed by atoms with Gasteiger partial charge < -0.3 is 14.6 Å². The number of carboxylic acids is 1. The van der Waals surface area contributed by atoms with Crippen molar-refractivity contribution in [2.75, 3.05) is 14.2 Å². The first-order chi connectivity index (χ1) is 9.99. The summed E-state index contributed by atoms with van der Waals surface area (Å²) in [5, 5.41) is 9.32. The van der Waals surface area contributed by atoms with Gasteiger partial charge >= 0.3 is 5.97 Å². The summed E-state index contributed by atoms with van der Waals surface area (Å²) in [4.78, 5) is 11.4. The first kappa shape index (κ1) is 14.9. The highest BCUT2D eigenvalue weighted by Crippen LogP contribution is 2.40. The Bertz CT molecular complexity index is 667. The minimum Gasteiger partial charge on any atom is -0.496 e. The summed E-state index contributed by atoms with van der Waals surface area (Å²) >= 11 is 0. The number of carboxylic acid groups (broad SMARTS) is 1. The number of aryl methyl sites for hydroxylation is 2. The van der Waals surface area contributed by atoms with Gasteiger partial charge in [0.2, 0.25) is 0 Å². The van der Waals surface area contributed by atoms with Gasteiger partial charge in [0.25, 0.3) is 0 Å². The molecule has 0 atom stereocenters. The highest BCUT2D eigenvalue weighted by atomic mass is 16.5. The van der Waals surface area contributed by atoms with Crippen molar-refractivity contribution in [3.63, 3.8) is 0 Å². The predicted octanol–water partition coefficient (Wildman–Crippen LogP) is 3.69. The van der Waals surface area contributed by atoms with Crippen LogP contribution in [0.25, 0.3) is 11.1 Å². The highest BCUT2D eigenvalue weighted by molar-refractivity contribution is 5.93. The van der Waals surface area contributed by atoms with Crippen LogP contribution in [0, 0.1) is 13.8 Å². The van der Waals surface area contributed by atoms with Crippen molar-refractivity contribution in [3.05, 3.63) is 47.0 Å². The molecule has 0 heterocycles. The van der Waals surface area contributed by atoms with Crippen LogP contribution in [0.3, 0.4) is 0 Å². The summed E-state index contributed by atoms with van der Waals surface area (Å²) in [6.45, 7) is 3.74. The van der Waals surface area contributed by atoms with Crippen LogP contribution in [0.15, 0.2) is 30.3 Å². The molecule has 0 unspecified atom stereocenters. The molecule has 21 heavy (non-hydrogen) atoms. The Morgan fingerprint density at radius 2 is 1.57 bits per heavy atom. The molecule has 4 nitrogen and oxygen atoms in total. The van der Waals surface area contributed by atoms with Crippen molar-refractivity contribution < 1.29 is 19.4 Å². The van der Waals surface area contributed by atoms with Crippen LogP contribution in [0.5, 0.6) is 11.5 Å². The van der Waals surface area contributed by atoms with Crippen molar-refractivity contribution in [3.8, 4) is 22.6 Å². The Balaban J connectivity index is 2.78. The molecule has 0 aliphatic rings. The second-order valence-electron chi connectivity index (χ2n) is 4.82. The lowest BCUT2D eigenvalue weighted by atomic mass is 9.94. The molecule has 0 spiro atoms. The Kier molecular flexibility index (Phi) is 4.17. The number of rotatable bonds is 4. The maximum Gasteiger partial charge on any atom is 0.335 e. The molecule has 0 saturated carbocycles. The van der Waals surface area contributed by atoms with E-state index in [4.69, 9.17) is 9.47 Å². The molecule has 0 fully saturated rings. The first-order valence-electron chi connectivity index (χ1n) is 6.55. The molecule has 0 aliphatic heterocycles. The van der Waals surface area contributed by atoms with Crippen molar-refractivity contribution in [1.82, 2.24) is 0 Å². The minimum absolute atomic E-state index is 0.281. The van der Waals surface area contributed by atoms with Gasteiger partial charge in [-0.25, -0.2) is 4.79 Å². The number of hydrogen-bond donors (Lipinski definition) is 1. The van der Waals surface area contributed by atoms with E-state index in [1.165, 1.54) is 0 Å². The van der Waals surface area contributed by atoms with Crippen LogP contribution < -0.4 is 9.47 Å². The Morgan fingerprint density at radius 3 is 2.05 bits per heavy atom. The molecule has 1 N–H and O–H groups in total. The number of aromatic carboxylic acids is 1. The summed E-state index contributed by atoms with van der Waals surface area (Å²) in [6, 6.07) is 9.04. The molecule has 0 bridgehead atoms. The van der Waals surface area contributed by atoms with E-state index in [1.807, 2.05) is 31.2 Å². The SMILES string of the molecule is COc1cccc(OC)c1-c1cc(C(=O)O)c(C)cc1C. The molecule has 0 amide bonds. The third-order valence-electron chi connectivity index (χ3n) is 3.50. The van der Waals surface area contributed by atoms with Gasteiger partial charge in [0.05, 0.1) is 25.3 Å². The summed E-state index contributed by atoms with van der Waals surface area (Å²) < 4.78 is 10.8. The van der Waals surface area contributed by atoms with Crippen LogP contribution in [0.4, 0.5) is 0 Å². The van der Waals surface area contributed by atoms with Crippen LogP contribution in [-0.4, -0.2) is 25.3 Å². The van der Waals surface area contributed by atoms with E-state index in [-0.39, 0.29) is 5.56 Å². The number of carbonyl (C=O) groups is 1. The molecule has 0 aromatic heterocycles. The van der Waals surface area contributed by atoms with E-state index in [1.54, 1.807) is 27.2 Å². The zero-order chi connectivity index (χ0) is 15.6. The molecule has 0 radical (unpaired) electrons. The standard InChI is InChI=1S/C17H18O4/c1-10-8-11(2)13(17(18)19)9-12(10)16-14(20-3)6-5-7-15(16)21-4/h5-9H,1-4H3,(H,18,19). The van der Waals surface area contributed by atoms with Gasteiger partial charge in [0.15, 0.2) is 0 Å². The molecular weight excluding hydrogens is 268 g/mol. The highest BCUT2D eigenvalue weighted by Gasteiger charge is 2.18. The zero-order valence-corrected chi connectivity index (χ0v) is 12.6. The van der Waals surface area contributed by atoms with Crippen molar-refractivity contribution in [2.24, 2.45) is 0 Å². The smallest absolute Gasteiger partial charge is 0.335 e. The molecule has 0 saturated heterocycles. The van der Waals surface area contributed by atoms with Crippen LogP contribution in [-0.2, 0) is 0 Å². The van der Waals surface area contributed by atoms with E-state index >= 15 is 0 Å². The summed E-state index contributed by atoms with van der Waals surface area (Å²) in [5.74, 6) is 0.359. The number of ether oxygens (including phenoxy) is 2. The second kappa shape index (κ2) is 5.87. The topological polar surface area (TPSA) is 55.8 Å². The number of benzene rings is 2. The fourth-order valence-corrected chi connectivity index (χ4v) is 2.47. The lowest BCUT2D eigenvalue weighted by molar-refractivity contribution is 0.0696. The summed E-state index contributed by atoms with van der Waals surface area (Å²) in [5.41, 5.74) is 3.55. The number of methoxy groups -OCH3 is 2. The maximum absolute atomic E-state index is 11.4. The van der Waals surface area contributed by atoms with E-state index in [2.05, 4.69) is 0 Å². The van der Waals surface area contributed by atoms with E-state index in [0.717, 1.165) is 22.3 Å². The van der Waals surface area contributed by atoms with Crippen LogP contribution in [0.1, 0.15) is 21.5 Å². The predicted molar refractivity (Wildman–Crippen MR) is 81.4 cm³/mol. The van der Waals surface area contributed by atoms with Gasteiger partial charge in [-0.05, 0) is 48.7 Å². The normalized spacial score (nSPS) is 10.3. The summed E-state index contributed by atoms with van der Waals surface area (Å²) in [7, 11) is 3.17. The molecule has 0 aliphatic carbocycles. The molecule has 2 aromatic rings. The Morgan fingerprint density at radius 1 is 1.00 bits per heavy atom. The minimum atomic E-state index is -0.942. The van der Waals surface area contributed by atoms with Gasteiger partial charge in [-0.3, -0.25) is 0 Å². The van der Waals surface area contributed by atoms with Crippen molar-refractivity contribution >= 4 is 5.97 Å². The molecule has 2 rings (SSSR count). The van der Waals surface area contributed by atoms with E-state index in [0.29, 0.717) is 11.5 Å². The van der Waals surface area contributed by atoms with E-state index in [9.17, 15) is 9.90 Å². The average molecular weight is 286 g/mol. The summed E-state index contributed by atoms with van der Waals surface area (Å²) in [6.07, 6.45) is 0. The van der Waals surface area contributed by atoms with Gasteiger partial charge in [-0.15, -0.1) is 0 Å².